The van der Waals surface area contributed by atoms with Crippen molar-refractivity contribution in [1.82, 2.24) is 9.62 Å². The monoisotopic (exact) mass is 358 g/mol. The minimum Gasteiger partial charge on any atom is -0.496 e. The fraction of sp³-hybridized carbons (Fsp3) is 0.400. The van der Waals surface area contributed by atoms with Gasteiger partial charge in [-0.25, -0.2) is 13.1 Å². The number of methoxy groups -OCH3 is 1. The van der Waals surface area contributed by atoms with Gasteiger partial charge >= 0.3 is 0 Å². The van der Waals surface area contributed by atoms with E-state index in [1.165, 1.54) is 7.11 Å². The molecule has 1 aromatic carbocycles. The van der Waals surface area contributed by atoms with Gasteiger partial charge in [0, 0.05) is 30.1 Å². The highest BCUT2D eigenvalue weighted by atomic mass is 35.5. The molecule has 126 valence electrons. The fourth-order valence-corrected chi connectivity index (χ4v) is 3.25. The highest BCUT2D eigenvalue weighted by molar-refractivity contribution is 7.92. The van der Waals surface area contributed by atoms with E-state index in [0.717, 1.165) is 11.8 Å². The Morgan fingerprint density at radius 2 is 2.30 bits per heavy atom. The molecule has 2 rings (SSSR count). The molecule has 8 heteroatoms. The largest absolute Gasteiger partial charge is 0.496 e. The van der Waals surface area contributed by atoms with Crippen LogP contribution >= 0.6 is 11.6 Å². The number of sulfonamides is 1. The van der Waals surface area contributed by atoms with Gasteiger partial charge in [0.2, 0.25) is 10.0 Å². The molecule has 0 aromatic heterocycles. The summed E-state index contributed by atoms with van der Waals surface area (Å²) in [7, 11) is -1.94. The summed E-state index contributed by atoms with van der Waals surface area (Å²) in [5, 5.41) is 1.34. The lowest BCUT2D eigenvalue weighted by molar-refractivity contribution is 0.0784. The molecule has 1 atom stereocenters. The van der Waals surface area contributed by atoms with Crippen LogP contribution < -0.4 is 9.46 Å². The van der Waals surface area contributed by atoms with Crippen LogP contribution in [0.2, 0.25) is 5.02 Å². The summed E-state index contributed by atoms with van der Waals surface area (Å²) in [6.45, 7) is 4.57. The van der Waals surface area contributed by atoms with Crippen LogP contribution in [-0.4, -0.2) is 46.0 Å². The van der Waals surface area contributed by atoms with E-state index in [0.29, 0.717) is 29.4 Å². The van der Waals surface area contributed by atoms with Crippen molar-refractivity contribution in [2.45, 2.75) is 6.42 Å². The number of nitrogens with one attached hydrogen (secondary N) is 1. The second-order valence-electron chi connectivity index (χ2n) is 5.31. The predicted octanol–water partition coefficient (Wildman–Crippen LogP) is 1.87. The van der Waals surface area contributed by atoms with Crippen molar-refractivity contribution in [3.8, 4) is 5.75 Å². The molecule has 1 aromatic rings. The van der Waals surface area contributed by atoms with Crippen LogP contribution in [0.3, 0.4) is 0 Å². The molecule has 0 saturated carbocycles. The molecule has 6 nitrogen and oxygen atoms in total. The second-order valence-corrected chi connectivity index (χ2v) is 7.46. The Morgan fingerprint density at radius 1 is 1.57 bits per heavy atom. The lowest BCUT2D eigenvalue weighted by atomic mass is 10.1. The number of carbonyl (C=O) groups is 1. The second kappa shape index (κ2) is 7.33. The Kier molecular flexibility index (Phi) is 5.67. The molecule has 1 fully saturated rings. The molecule has 1 unspecified atom stereocenters. The molecule has 1 N–H and O–H groups in total. The SMILES string of the molecule is C=CS(=O)(=O)NCC1CCN(C(=O)c2cc(Cl)ccc2OC)C1. The van der Waals surface area contributed by atoms with E-state index in [4.69, 9.17) is 16.3 Å². The maximum Gasteiger partial charge on any atom is 0.257 e. The van der Waals surface area contributed by atoms with Crippen molar-refractivity contribution in [2.24, 2.45) is 5.92 Å². The first kappa shape index (κ1) is 17.8. The molecule has 1 saturated heterocycles. The minimum atomic E-state index is -3.44. The van der Waals surface area contributed by atoms with Gasteiger partial charge in [-0.3, -0.25) is 4.79 Å². The topological polar surface area (TPSA) is 75.7 Å². The van der Waals surface area contributed by atoms with Gasteiger partial charge < -0.3 is 9.64 Å². The van der Waals surface area contributed by atoms with E-state index < -0.39 is 10.0 Å². The Bertz CT molecular complexity index is 705. The van der Waals surface area contributed by atoms with Crippen LogP contribution in [0.15, 0.2) is 30.2 Å². The van der Waals surface area contributed by atoms with Gasteiger partial charge in [-0.1, -0.05) is 18.2 Å². The standard InChI is InChI=1S/C15H19ClN2O4S/c1-3-23(20,21)17-9-11-6-7-18(10-11)15(19)13-8-12(16)4-5-14(13)22-2/h3-5,8,11,17H,1,6-7,9-10H2,2H3. The van der Waals surface area contributed by atoms with E-state index in [1.807, 2.05) is 0 Å². The number of nitrogens with zero attached hydrogens (tertiary/aromatic N) is 1. The third-order valence-electron chi connectivity index (χ3n) is 3.76. The number of halogens is 1. The third-order valence-corrected chi connectivity index (χ3v) is 5.00. The van der Waals surface area contributed by atoms with Crippen molar-refractivity contribution in [2.75, 3.05) is 26.7 Å². The van der Waals surface area contributed by atoms with Crippen molar-refractivity contribution >= 4 is 27.5 Å². The zero-order valence-corrected chi connectivity index (χ0v) is 14.4. The molecule has 0 aliphatic carbocycles. The van der Waals surface area contributed by atoms with Crippen molar-refractivity contribution < 1.29 is 17.9 Å². The summed E-state index contributed by atoms with van der Waals surface area (Å²) >= 11 is 5.96. The molecular formula is C15H19ClN2O4S. The van der Waals surface area contributed by atoms with Gasteiger partial charge in [0.25, 0.3) is 5.91 Å². The lowest BCUT2D eigenvalue weighted by Crippen LogP contribution is -2.32. The predicted molar refractivity (Wildman–Crippen MR) is 89.1 cm³/mol. The molecule has 1 heterocycles. The number of hydrogen-bond donors (Lipinski definition) is 1. The van der Waals surface area contributed by atoms with Crippen LogP contribution in [0.5, 0.6) is 5.75 Å². The van der Waals surface area contributed by atoms with Gasteiger partial charge in [-0.15, -0.1) is 0 Å². The van der Waals surface area contributed by atoms with Gasteiger partial charge in [0.1, 0.15) is 5.75 Å². The van der Waals surface area contributed by atoms with Crippen LogP contribution in [-0.2, 0) is 10.0 Å². The smallest absolute Gasteiger partial charge is 0.257 e. The quantitative estimate of drug-likeness (QED) is 0.842. The molecule has 1 amide bonds. The van der Waals surface area contributed by atoms with Crippen LogP contribution in [0.4, 0.5) is 0 Å². The maximum absolute atomic E-state index is 12.6. The number of benzene rings is 1. The number of hydrogen-bond acceptors (Lipinski definition) is 4. The summed E-state index contributed by atoms with van der Waals surface area (Å²) in [4.78, 5) is 14.3. The summed E-state index contributed by atoms with van der Waals surface area (Å²) in [5.41, 5.74) is 0.410. The van der Waals surface area contributed by atoms with Crippen LogP contribution in [0.1, 0.15) is 16.8 Å². The molecule has 1 aliphatic rings. The lowest BCUT2D eigenvalue weighted by Gasteiger charge is -2.18. The van der Waals surface area contributed by atoms with Crippen molar-refractivity contribution in [3.63, 3.8) is 0 Å². The maximum atomic E-state index is 12.6. The average molecular weight is 359 g/mol. The number of rotatable bonds is 6. The van der Waals surface area contributed by atoms with Crippen LogP contribution in [0, 0.1) is 5.92 Å². The Morgan fingerprint density at radius 3 is 2.96 bits per heavy atom. The normalized spacial score (nSPS) is 18.0. The van der Waals surface area contributed by atoms with E-state index in [1.54, 1.807) is 23.1 Å². The zero-order chi connectivity index (χ0) is 17.0. The minimum absolute atomic E-state index is 0.0684. The highest BCUT2D eigenvalue weighted by Gasteiger charge is 2.29. The first-order valence-corrected chi connectivity index (χ1v) is 9.03. The molecule has 0 bridgehead atoms. The molecule has 0 radical (unpaired) electrons. The van der Waals surface area contributed by atoms with Gasteiger partial charge in [0.15, 0.2) is 0 Å². The summed E-state index contributed by atoms with van der Waals surface area (Å²) in [6.07, 6.45) is 0.730. The van der Waals surface area contributed by atoms with Gasteiger partial charge in [0.05, 0.1) is 12.7 Å². The molecule has 1 aliphatic heterocycles. The Balaban J connectivity index is 2.03. The average Bonchev–Trinajstić information content (AvgIpc) is 3.01. The fourth-order valence-electron chi connectivity index (χ4n) is 2.49. The number of carbonyl (C=O) groups excluding carboxylic acids is 1. The van der Waals surface area contributed by atoms with E-state index >= 15 is 0 Å². The zero-order valence-electron chi connectivity index (χ0n) is 12.8. The first-order valence-electron chi connectivity index (χ1n) is 7.11. The Labute approximate surface area is 141 Å². The molecular weight excluding hydrogens is 340 g/mol. The highest BCUT2D eigenvalue weighted by Crippen LogP contribution is 2.26. The van der Waals surface area contributed by atoms with E-state index in [2.05, 4.69) is 11.3 Å². The number of amides is 1. The van der Waals surface area contributed by atoms with E-state index in [-0.39, 0.29) is 18.4 Å². The number of ether oxygens (including phenoxy) is 1. The van der Waals surface area contributed by atoms with Gasteiger partial charge in [-0.05, 0) is 30.5 Å². The summed E-state index contributed by atoms with van der Waals surface area (Å²) in [6, 6.07) is 4.89. The molecule has 23 heavy (non-hydrogen) atoms. The summed E-state index contributed by atoms with van der Waals surface area (Å²) < 4.78 is 30.4. The van der Waals surface area contributed by atoms with Crippen LogP contribution in [0.25, 0.3) is 0 Å². The summed E-state index contributed by atoms with van der Waals surface area (Å²) in [5.74, 6) is 0.368. The van der Waals surface area contributed by atoms with Crippen molar-refractivity contribution in [1.29, 1.82) is 0 Å². The third kappa shape index (κ3) is 4.46. The van der Waals surface area contributed by atoms with Crippen molar-refractivity contribution in [3.05, 3.63) is 40.8 Å². The molecule has 0 spiro atoms. The first-order chi connectivity index (χ1) is 10.9. The van der Waals surface area contributed by atoms with Gasteiger partial charge in [-0.2, -0.15) is 0 Å². The Hall–Kier alpha value is -1.57. The van der Waals surface area contributed by atoms with E-state index in [9.17, 15) is 13.2 Å². The number of likely N-dealkylation sites (tertiary alicyclic amines) is 1.